The van der Waals surface area contributed by atoms with E-state index in [0.717, 1.165) is 10.6 Å². The lowest BCUT2D eigenvalue weighted by Crippen LogP contribution is -2.40. The minimum Gasteiger partial charge on any atom is -0.494 e. The van der Waals surface area contributed by atoms with Gasteiger partial charge in [0.2, 0.25) is 0 Å². The van der Waals surface area contributed by atoms with Gasteiger partial charge in [-0.2, -0.15) is 0 Å². The van der Waals surface area contributed by atoms with Gasteiger partial charge < -0.3 is 14.6 Å². The van der Waals surface area contributed by atoms with Gasteiger partial charge in [-0.05, 0) is 50.2 Å². The van der Waals surface area contributed by atoms with E-state index in [9.17, 15) is 14.7 Å². The maximum Gasteiger partial charge on any atom is 0.332 e. The molecule has 0 aromatic heterocycles. The summed E-state index contributed by atoms with van der Waals surface area (Å²) in [7, 11) is 0. The van der Waals surface area contributed by atoms with E-state index >= 15 is 0 Å². The standard InChI is InChI=1S/C21H24N2O5/c1-3-27-18-9-11-19(12-10-18)28-14-17(24)13-22-20(25)15(2)23(21(22)26)16-7-5-4-6-8-16/h4-12,15,17,24H,3,13-14H2,1-2H3. The molecule has 2 atom stereocenters. The van der Waals surface area contributed by atoms with Crippen LogP contribution in [0.2, 0.25) is 0 Å². The van der Waals surface area contributed by atoms with E-state index in [1.165, 1.54) is 4.90 Å². The second kappa shape index (κ2) is 8.75. The molecule has 1 aliphatic rings. The minimum atomic E-state index is -0.998. The van der Waals surface area contributed by atoms with Crippen molar-refractivity contribution in [3.63, 3.8) is 0 Å². The highest BCUT2D eigenvalue weighted by Gasteiger charge is 2.43. The third-order valence-corrected chi connectivity index (χ3v) is 4.45. The van der Waals surface area contributed by atoms with Crippen molar-refractivity contribution in [3.8, 4) is 11.5 Å². The molecule has 1 saturated heterocycles. The lowest BCUT2D eigenvalue weighted by atomic mass is 10.2. The van der Waals surface area contributed by atoms with Gasteiger partial charge in [-0.15, -0.1) is 0 Å². The van der Waals surface area contributed by atoms with Crippen molar-refractivity contribution in [1.29, 1.82) is 0 Å². The number of carbonyl (C=O) groups is 2. The summed E-state index contributed by atoms with van der Waals surface area (Å²) in [6, 6.07) is 15.0. The van der Waals surface area contributed by atoms with Crippen LogP contribution in [0.5, 0.6) is 11.5 Å². The number of imide groups is 1. The molecular formula is C21H24N2O5. The average molecular weight is 384 g/mol. The van der Waals surface area contributed by atoms with Crippen LogP contribution in [0.15, 0.2) is 54.6 Å². The molecule has 7 nitrogen and oxygen atoms in total. The molecule has 1 heterocycles. The largest absolute Gasteiger partial charge is 0.494 e. The first-order valence-corrected chi connectivity index (χ1v) is 9.24. The summed E-state index contributed by atoms with van der Waals surface area (Å²) in [6.45, 7) is 4.00. The predicted octanol–water partition coefficient (Wildman–Crippen LogP) is 2.68. The first kappa shape index (κ1) is 19.7. The van der Waals surface area contributed by atoms with Crippen LogP contribution < -0.4 is 14.4 Å². The summed E-state index contributed by atoms with van der Waals surface area (Å²) in [5, 5.41) is 10.3. The van der Waals surface area contributed by atoms with Gasteiger partial charge in [-0.3, -0.25) is 14.6 Å². The van der Waals surface area contributed by atoms with Gasteiger partial charge in [-0.1, -0.05) is 18.2 Å². The van der Waals surface area contributed by atoms with Crippen molar-refractivity contribution in [2.45, 2.75) is 26.0 Å². The van der Waals surface area contributed by atoms with Crippen LogP contribution in [0.4, 0.5) is 10.5 Å². The molecule has 0 radical (unpaired) electrons. The fourth-order valence-corrected chi connectivity index (χ4v) is 3.07. The molecule has 0 saturated carbocycles. The number of carbonyl (C=O) groups excluding carboxylic acids is 2. The lowest BCUT2D eigenvalue weighted by molar-refractivity contribution is -0.128. The Labute approximate surface area is 164 Å². The van der Waals surface area contributed by atoms with Crippen molar-refractivity contribution >= 4 is 17.6 Å². The molecule has 0 bridgehead atoms. The number of β-amino-alcohol motifs (C(OH)–C–C–N with tert-alkyl or cyclic N) is 1. The van der Waals surface area contributed by atoms with Crippen LogP contribution in [-0.2, 0) is 4.79 Å². The lowest BCUT2D eigenvalue weighted by Gasteiger charge is -2.20. The number of rotatable bonds is 8. The molecule has 0 aliphatic carbocycles. The number of benzene rings is 2. The quantitative estimate of drug-likeness (QED) is 0.708. The molecule has 28 heavy (non-hydrogen) atoms. The first-order chi connectivity index (χ1) is 13.5. The van der Waals surface area contributed by atoms with E-state index in [4.69, 9.17) is 9.47 Å². The van der Waals surface area contributed by atoms with E-state index in [2.05, 4.69) is 0 Å². The molecule has 148 valence electrons. The number of hydrogen-bond acceptors (Lipinski definition) is 5. The second-order valence-electron chi connectivity index (χ2n) is 6.48. The number of aliphatic hydroxyl groups is 1. The first-order valence-electron chi connectivity index (χ1n) is 9.24. The van der Waals surface area contributed by atoms with Crippen molar-refractivity contribution < 1.29 is 24.2 Å². The van der Waals surface area contributed by atoms with Gasteiger partial charge >= 0.3 is 6.03 Å². The zero-order valence-corrected chi connectivity index (χ0v) is 15.9. The Bertz CT molecular complexity index is 809. The number of urea groups is 1. The van der Waals surface area contributed by atoms with Crippen molar-refractivity contribution in [2.24, 2.45) is 0 Å². The summed E-state index contributed by atoms with van der Waals surface area (Å²) in [5.74, 6) is 0.966. The van der Waals surface area contributed by atoms with Gasteiger partial charge in [-0.25, -0.2) is 4.79 Å². The topological polar surface area (TPSA) is 79.3 Å². The SMILES string of the molecule is CCOc1ccc(OCC(O)CN2C(=O)C(C)N(c3ccccc3)C2=O)cc1. The van der Waals surface area contributed by atoms with Crippen LogP contribution in [0.25, 0.3) is 0 Å². The van der Waals surface area contributed by atoms with Crippen LogP contribution in [-0.4, -0.2) is 53.8 Å². The summed E-state index contributed by atoms with van der Waals surface area (Å²) in [5.41, 5.74) is 0.649. The van der Waals surface area contributed by atoms with Gasteiger partial charge in [0.1, 0.15) is 30.3 Å². The third kappa shape index (κ3) is 4.26. The molecule has 1 aliphatic heterocycles. The van der Waals surface area contributed by atoms with Gasteiger partial charge in [0.15, 0.2) is 0 Å². The molecule has 3 amide bonds. The van der Waals surface area contributed by atoms with Crippen molar-refractivity contribution in [1.82, 2.24) is 4.90 Å². The summed E-state index contributed by atoms with van der Waals surface area (Å²) < 4.78 is 10.9. The Kier molecular flexibility index (Phi) is 6.16. The highest BCUT2D eigenvalue weighted by atomic mass is 16.5. The number of anilines is 1. The fourth-order valence-electron chi connectivity index (χ4n) is 3.07. The molecule has 1 fully saturated rings. The normalized spacial score (nSPS) is 17.8. The van der Waals surface area contributed by atoms with Gasteiger partial charge in [0, 0.05) is 5.69 Å². The molecular weight excluding hydrogens is 360 g/mol. The van der Waals surface area contributed by atoms with E-state index in [1.807, 2.05) is 25.1 Å². The maximum absolute atomic E-state index is 12.7. The number of aliphatic hydroxyl groups excluding tert-OH is 1. The number of para-hydroxylation sites is 1. The van der Waals surface area contributed by atoms with Crippen LogP contribution in [0.3, 0.4) is 0 Å². The van der Waals surface area contributed by atoms with Gasteiger partial charge in [0.05, 0.1) is 13.2 Å². The number of ether oxygens (including phenoxy) is 2. The van der Waals surface area contributed by atoms with Crippen molar-refractivity contribution in [3.05, 3.63) is 54.6 Å². The zero-order valence-electron chi connectivity index (χ0n) is 15.9. The molecule has 2 aromatic carbocycles. The summed E-state index contributed by atoms with van der Waals surface area (Å²) >= 11 is 0. The Hall–Kier alpha value is -3.06. The monoisotopic (exact) mass is 384 g/mol. The predicted molar refractivity (Wildman–Crippen MR) is 105 cm³/mol. The highest BCUT2D eigenvalue weighted by Crippen LogP contribution is 2.25. The molecule has 0 spiro atoms. The Morgan fingerprint density at radius 2 is 1.61 bits per heavy atom. The smallest absolute Gasteiger partial charge is 0.332 e. The number of amides is 3. The molecule has 2 aromatic rings. The second-order valence-corrected chi connectivity index (χ2v) is 6.48. The highest BCUT2D eigenvalue weighted by molar-refractivity contribution is 6.14. The van der Waals surface area contributed by atoms with E-state index in [-0.39, 0.29) is 19.1 Å². The average Bonchev–Trinajstić information content (AvgIpc) is 2.91. The molecule has 7 heteroatoms. The molecule has 2 unspecified atom stereocenters. The Morgan fingerprint density at radius 3 is 2.21 bits per heavy atom. The molecule has 3 rings (SSSR count). The van der Waals surface area contributed by atoms with E-state index in [1.54, 1.807) is 43.3 Å². The van der Waals surface area contributed by atoms with E-state index < -0.39 is 18.2 Å². The zero-order chi connectivity index (χ0) is 20.1. The molecule has 1 N–H and O–H groups in total. The number of hydrogen-bond donors (Lipinski definition) is 1. The Balaban J connectivity index is 1.58. The number of nitrogens with zero attached hydrogens (tertiary/aromatic N) is 2. The maximum atomic E-state index is 12.7. The minimum absolute atomic E-state index is 0.0369. The Morgan fingerprint density at radius 1 is 1.00 bits per heavy atom. The van der Waals surface area contributed by atoms with Gasteiger partial charge in [0.25, 0.3) is 5.91 Å². The fraction of sp³-hybridized carbons (Fsp3) is 0.333. The van der Waals surface area contributed by atoms with E-state index in [0.29, 0.717) is 18.0 Å². The summed E-state index contributed by atoms with van der Waals surface area (Å²) in [6.07, 6.45) is -0.998. The van der Waals surface area contributed by atoms with Crippen molar-refractivity contribution in [2.75, 3.05) is 24.7 Å². The third-order valence-electron chi connectivity index (χ3n) is 4.45. The summed E-state index contributed by atoms with van der Waals surface area (Å²) in [4.78, 5) is 27.7. The van der Waals surface area contributed by atoms with Crippen LogP contribution in [0, 0.1) is 0 Å². The van der Waals surface area contributed by atoms with Crippen LogP contribution >= 0.6 is 0 Å². The van der Waals surface area contributed by atoms with Crippen LogP contribution in [0.1, 0.15) is 13.8 Å².